The minimum absolute atomic E-state index is 0.174. The number of aliphatic hydroxyl groups excluding tert-OH is 1. The van der Waals surface area contributed by atoms with Crippen LogP contribution in [0.3, 0.4) is 0 Å². The van der Waals surface area contributed by atoms with Crippen LogP contribution in [0.15, 0.2) is 0 Å². The second-order valence-electron chi connectivity index (χ2n) is 1.72. The summed E-state index contributed by atoms with van der Waals surface area (Å²) in [6.07, 6.45) is 1.11. The first-order valence-corrected chi connectivity index (χ1v) is 2.60. The number of rotatable bonds is 3. The van der Waals surface area contributed by atoms with Gasteiger partial charge in [0.15, 0.2) is 0 Å². The largest absolute Gasteiger partial charge is 0.381 e. The van der Waals surface area contributed by atoms with E-state index in [4.69, 9.17) is 5.11 Å². The fourth-order valence-corrected chi connectivity index (χ4v) is 0.452. The van der Waals surface area contributed by atoms with E-state index in [9.17, 15) is 0 Å². The quantitative estimate of drug-likeness (QED) is 0.518. The molecule has 7 heavy (non-hydrogen) atoms. The van der Waals surface area contributed by atoms with Crippen LogP contribution < -0.4 is 0 Å². The average Bonchev–Trinajstić information content (AvgIpc) is 1.68. The summed E-state index contributed by atoms with van der Waals surface area (Å²) in [5.74, 6) is 0. The maximum Gasteiger partial charge on any atom is 0.0954 e. The molecule has 0 radical (unpaired) electrons. The van der Waals surface area contributed by atoms with Crippen LogP contribution in [0.25, 0.3) is 0 Å². The third-order valence-corrected chi connectivity index (χ3v) is 0.847. The minimum Gasteiger partial charge on any atom is -0.381 e. The second-order valence-corrected chi connectivity index (χ2v) is 1.72. The summed E-state index contributed by atoms with van der Waals surface area (Å²) in [4.78, 5) is 1.86. The van der Waals surface area contributed by atoms with Gasteiger partial charge in [-0.3, -0.25) is 4.90 Å². The molecule has 2 nitrogen and oxygen atoms in total. The normalized spacial score (nSPS) is 10.3. The number of hydrogen-bond donors (Lipinski definition) is 1. The Labute approximate surface area is 44.8 Å². The van der Waals surface area contributed by atoms with Crippen LogP contribution in [0, 0.1) is 0 Å². The van der Waals surface area contributed by atoms with Crippen LogP contribution in [0.5, 0.6) is 0 Å². The Morgan fingerprint density at radius 1 is 1.57 bits per heavy atom. The zero-order chi connectivity index (χ0) is 5.70. The first kappa shape index (κ1) is 6.92. The van der Waals surface area contributed by atoms with Crippen LogP contribution >= 0.6 is 0 Å². The van der Waals surface area contributed by atoms with E-state index < -0.39 is 0 Å². The summed E-state index contributed by atoms with van der Waals surface area (Å²) < 4.78 is 0. The summed E-state index contributed by atoms with van der Waals surface area (Å²) in [5, 5.41) is 8.39. The Hall–Kier alpha value is -0.0800. The van der Waals surface area contributed by atoms with Crippen molar-refractivity contribution in [1.29, 1.82) is 0 Å². The van der Waals surface area contributed by atoms with Gasteiger partial charge in [0.25, 0.3) is 0 Å². The molecule has 2 heteroatoms. The van der Waals surface area contributed by atoms with Gasteiger partial charge >= 0.3 is 0 Å². The van der Waals surface area contributed by atoms with Crippen molar-refractivity contribution in [2.24, 2.45) is 0 Å². The van der Waals surface area contributed by atoms with Crippen molar-refractivity contribution in [3.63, 3.8) is 0 Å². The van der Waals surface area contributed by atoms with Gasteiger partial charge in [0, 0.05) is 0 Å². The highest BCUT2D eigenvalue weighted by atomic mass is 16.3. The van der Waals surface area contributed by atoms with Crippen LogP contribution in [-0.2, 0) is 0 Å². The third kappa shape index (κ3) is 3.76. The minimum atomic E-state index is 0.174. The van der Waals surface area contributed by atoms with E-state index in [1.54, 1.807) is 0 Å². The molecule has 0 saturated heterocycles. The van der Waals surface area contributed by atoms with Gasteiger partial charge in [-0.15, -0.1) is 0 Å². The molecule has 0 spiro atoms. The molecule has 0 unspecified atom stereocenters. The second kappa shape index (κ2) is 4.09. The maximum absolute atomic E-state index is 8.39. The van der Waals surface area contributed by atoms with Gasteiger partial charge in [-0.25, -0.2) is 0 Å². The Bertz CT molecular complexity index is 39.1. The molecule has 0 heterocycles. The lowest BCUT2D eigenvalue weighted by molar-refractivity contribution is 0.133. The molecule has 44 valence electrons. The maximum atomic E-state index is 8.39. The molecule has 0 fully saturated rings. The van der Waals surface area contributed by atoms with E-state index in [-0.39, 0.29) is 6.73 Å². The topological polar surface area (TPSA) is 23.5 Å². The molecule has 0 aromatic carbocycles. The van der Waals surface area contributed by atoms with Gasteiger partial charge in [0.1, 0.15) is 0 Å². The van der Waals surface area contributed by atoms with Crippen LogP contribution in [-0.4, -0.2) is 30.3 Å². The smallest absolute Gasteiger partial charge is 0.0954 e. The molecule has 0 saturated carbocycles. The molecule has 0 aliphatic carbocycles. The lowest BCUT2D eigenvalue weighted by Gasteiger charge is -2.09. The van der Waals surface area contributed by atoms with Crippen molar-refractivity contribution in [1.82, 2.24) is 4.90 Å². The molecule has 1 N–H and O–H groups in total. The van der Waals surface area contributed by atoms with E-state index in [2.05, 4.69) is 6.92 Å². The molecular weight excluding hydrogens is 90.1 g/mol. The molecule has 0 aliphatic heterocycles. The van der Waals surface area contributed by atoms with Gasteiger partial charge < -0.3 is 5.11 Å². The highest BCUT2D eigenvalue weighted by Gasteiger charge is 1.87. The molecule has 0 bridgehead atoms. The first-order chi connectivity index (χ1) is 3.31. The predicted molar refractivity (Wildman–Crippen MR) is 30.0 cm³/mol. The average molecular weight is 103 g/mol. The zero-order valence-electron chi connectivity index (χ0n) is 5.02. The number of aliphatic hydroxyl groups is 1. The number of nitrogens with zero attached hydrogens (tertiary/aromatic N) is 1. The first-order valence-electron chi connectivity index (χ1n) is 2.60. The molecular formula is C5H13NO. The van der Waals surface area contributed by atoms with E-state index >= 15 is 0 Å². The van der Waals surface area contributed by atoms with E-state index in [0.717, 1.165) is 13.0 Å². The summed E-state index contributed by atoms with van der Waals surface area (Å²) in [5.41, 5.74) is 0. The molecule has 0 rings (SSSR count). The third-order valence-electron chi connectivity index (χ3n) is 0.847. The van der Waals surface area contributed by atoms with E-state index in [1.165, 1.54) is 0 Å². The highest BCUT2D eigenvalue weighted by molar-refractivity contribution is 4.37. The molecule has 0 aliphatic rings. The summed E-state index contributed by atoms with van der Waals surface area (Å²) in [6, 6.07) is 0. The molecule has 0 amide bonds. The SMILES string of the molecule is CCCN(C)CO. The van der Waals surface area contributed by atoms with Gasteiger partial charge in [-0.2, -0.15) is 0 Å². The van der Waals surface area contributed by atoms with Gasteiger partial charge in [-0.1, -0.05) is 6.92 Å². The highest BCUT2D eigenvalue weighted by Crippen LogP contribution is 1.80. The fourth-order valence-electron chi connectivity index (χ4n) is 0.452. The standard InChI is InChI=1S/C5H13NO/c1-3-4-6(2)5-7/h7H,3-5H2,1-2H3. The van der Waals surface area contributed by atoms with Crippen molar-refractivity contribution in [2.75, 3.05) is 20.3 Å². The van der Waals surface area contributed by atoms with Crippen LogP contribution in [0.4, 0.5) is 0 Å². The molecule has 0 aromatic heterocycles. The Morgan fingerprint density at radius 2 is 2.14 bits per heavy atom. The molecule has 0 atom stereocenters. The monoisotopic (exact) mass is 103 g/mol. The van der Waals surface area contributed by atoms with Gasteiger partial charge in [-0.05, 0) is 20.0 Å². The van der Waals surface area contributed by atoms with Crippen molar-refractivity contribution in [2.45, 2.75) is 13.3 Å². The summed E-state index contributed by atoms with van der Waals surface area (Å²) in [7, 11) is 1.89. The van der Waals surface area contributed by atoms with Crippen LogP contribution in [0.1, 0.15) is 13.3 Å². The Morgan fingerprint density at radius 3 is 2.29 bits per heavy atom. The van der Waals surface area contributed by atoms with Gasteiger partial charge in [0.05, 0.1) is 6.73 Å². The van der Waals surface area contributed by atoms with Gasteiger partial charge in [0.2, 0.25) is 0 Å². The molecule has 0 aromatic rings. The Balaban J connectivity index is 2.83. The van der Waals surface area contributed by atoms with Crippen molar-refractivity contribution < 1.29 is 5.11 Å². The Kier molecular flexibility index (Phi) is 4.04. The zero-order valence-corrected chi connectivity index (χ0v) is 5.02. The van der Waals surface area contributed by atoms with Crippen LogP contribution in [0.2, 0.25) is 0 Å². The van der Waals surface area contributed by atoms with Crippen molar-refractivity contribution in [3.05, 3.63) is 0 Å². The predicted octanol–water partition coefficient (Wildman–Crippen LogP) is 0.278. The van der Waals surface area contributed by atoms with E-state index in [0.29, 0.717) is 0 Å². The summed E-state index contributed by atoms with van der Waals surface area (Å²) in [6.45, 7) is 3.25. The number of hydrogen-bond acceptors (Lipinski definition) is 2. The van der Waals surface area contributed by atoms with E-state index in [1.807, 2.05) is 11.9 Å². The summed E-state index contributed by atoms with van der Waals surface area (Å²) >= 11 is 0. The lowest BCUT2D eigenvalue weighted by atomic mass is 10.5. The lowest BCUT2D eigenvalue weighted by Crippen LogP contribution is -2.19. The fraction of sp³-hybridized carbons (Fsp3) is 1.00. The van der Waals surface area contributed by atoms with Crippen molar-refractivity contribution >= 4 is 0 Å². The van der Waals surface area contributed by atoms with Crippen molar-refractivity contribution in [3.8, 4) is 0 Å².